The van der Waals surface area contributed by atoms with E-state index >= 15 is 0 Å². The average molecular weight is 390 g/mol. The van der Waals surface area contributed by atoms with Crippen molar-refractivity contribution in [3.63, 3.8) is 0 Å². The predicted molar refractivity (Wildman–Crippen MR) is 112 cm³/mol. The highest BCUT2D eigenvalue weighted by atomic mass is 16.4. The molecule has 2 N–H and O–H groups in total. The molecule has 29 heavy (non-hydrogen) atoms. The summed E-state index contributed by atoms with van der Waals surface area (Å²) in [6.45, 7) is 1.91. The molecule has 0 fully saturated rings. The molecule has 0 saturated heterocycles. The molecule has 5 nitrogen and oxygen atoms in total. The highest BCUT2D eigenvalue weighted by Crippen LogP contribution is 2.30. The number of nitriles is 1. The molecule has 0 saturated carbocycles. The Hall–Kier alpha value is -3.13. The average Bonchev–Trinajstić information content (AvgIpc) is 2.73. The highest BCUT2D eigenvalue weighted by molar-refractivity contribution is 5.96. The van der Waals surface area contributed by atoms with Crippen LogP contribution in [0.3, 0.4) is 0 Å². The third-order valence-electron chi connectivity index (χ3n) is 5.63. The standard InChI is InChI=1S/C24H26N2O3/c1-16(20-10-4-7-18-6-2-3-9-21(18)20)24(29)26-22-14-17(15-25)12-13-19(22)8-5-11-23(27)28/h4,7,10,12-14,16H,2-3,5-6,8-9,11H2,1H3,(H,26,29)(H,27,28). The third kappa shape index (κ3) is 5.03. The normalized spacial score (nSPS) is 13.8. The number of carboxylic acid groups (broad SMARTS) is 1. The molecule has 2 aromatic carbocycles. The number of carbonyl (C=O) groups is 2. The number of carboxylic acids is 1. The summed E-state index contributed by atoms with van der Waals surface area (Å²) in [6.07, 6.45) is 5.49. The van der Waals surface area contributed by atoms with Gasteiger partial charge in [-0.25, -0.2) is 0 Å². The zero-order valence-corrected chi connectivity index (χ0v) is 16.7. The molecule has 1 aliphatic carbocycles. The SMILES string of the molecule is CC(C(=O)Nc1cc(C#N)ccc1CCCC(=O)O)c1cccc2c1CCCC2. The van der Waals surface area contributed by atoms with Gasteiger partial charge in [0.1, 0.15) is 0 Å². The van der Waals surface area contributed by atoms with Crippen molar-refractivity contribution < 1.29 is 14.7 Å². The van der Waals surface area contributed by atoms with Crippen LogP contribution in [0.1, 0.15) is 66.3 Å². The summed E-state index contributed by atoms with van der Waals surface area (Å²) in [5.41, 5.74) is 5.62. The van der Waals surface area contributed by atoms with Gasteiger partial charge in [-0.3, -0.25) is 9.59 Å². The van der Waals surface area contributed by atoms with Gasteiger partial charge < -0.3 is 10.4 Å². The van der Waals surface area contributed by atoms with Crippen LogP contribution in [-0.2, 0) is 28.9 Å². The molecule has 1 atom stereocenters. The van der Waals surface area contributed by atoms with Crippen LogP contribution >= 0.6 is 0 Å². The molecular weight excluding hydrogens is 364 g/mol. The molecule has 150 valence electrons. The lowest BCUT2D eigenvalue weighted by atomic mass is 9.84. The number of hydrogen-bond acceptors (Lipinski definition) is 3. The monoisotopic (exact) mass is 390 g/mol. The molecule has 0 bridgehead atoms. The molecule has 1 amide bonds. The van der Waals surface area contributed by atoms with E-state index in [0.29, 0.717) is 24.1 Å². The van der Waals surface area contributed by atoms with Gasteiger partial charge in [-0.1, -0.05) is 24.3 Å². The summed E-state index contributed by atoms with van der Waals surface area (Å²) in [5, 5.41) is 21.1. The quantitative estimate of drug-likeness (QED) is 0.724. The van der Waals surface area contributed by atoms with Gasteiger partial charge in [0.15, 0.2) is 0 Å². The number of rotatable bonds is 7. The van der Waals surface area contributed by atoms with E-state index in [4.69, 9.17) is 5.11 Å². The number of benzene rings is 2. The Morgan fingerprint density at radius 1 is 1.21 bits per heavy atom. The zero-order valence-electron chi connectivity index (χ0n) is 16.7. The Labute approximate surface area is 171 Å². The fourth-order valence-corrected chi connectivity index (χ4v) is 4.01. The minimum atomic E-state index is -0.841. The Morgan fingerprint density at radius 2 is 2.00 bits per heavy atom. The minimum Gasteiger partial charge on any atom is -0.481 e. The molecular formula is C24H26N2O3. The van der Waals surface area contributed by atoms with E-state index < -0.39 is 5.97 Å². The van der Waals surface area contributed by atoms with Gasteiger partial charge in [-0.2, -0.15) is 5.26 Å². The molecule has 0 radical (unpaired) electrons. The van der Waals surface area contributed by atoms with E-state index in [1.165, 1.54) is 17.5 Å². The van der Waals surface area contributed by atoms with E-state index in [9.17, 15) is 14.9 Å². The van der Waals surface area contributed by atoms with E-state index in [0.717, 1.165) is 30.4 Å². The predicted octanol–water partition coefficient (Wildman–Crippen LogP) is 4.59. The van der Waals surface area contributed by atoms with Gasteiger partial charge >= 0.3 is 5.97 Å². The van der Waals surface area contributed by atoms with Crippen LogP contribution in [0.25, 0.3) is 0 Å². The molecule has 0 heterocycles. The molecule has 5 heteroatoms. The minimum absolute atomic E-state index is 0.0694. The molecule has 0 aliphatic heterocycles. The van der Waals surface area contributed by atoms with Crippen LogP contribution in [-0.4, -0.2) is 17.0 Å². The highest BCUT2D eigenvalue weighted by Gasteiger charge is 2.22. The second kappa shape index (κ2) is 9.38. The van der Waals surface area contributed by atoms with Gasteiger partial charge in [-0.05, 0) is 79.8 Å². The van der Waals surface area contributed by atoms with Crippen LogP contribution in [0.2, 0.25) is 0 Å². The maximum atomic E-state index is 13.0. The van der Waals surface area contributed by atoms with E-state index in [-0.39, 0.29) is 18.2 Å². The van der Waals surface area contributed by atoms with E-state index in [2.05, 4.69) is 17.5 Å². The number of nitrogens with one attached hydrogen (secondary N) is 1. The van der Waals surface area contributed by atoms with Gasteiger partial charge in [0, 0.05) is 12.1 Å². The van der Waals surface area contributed by atoms with Gasteiger partial charge in [0.2, 0.25) is 5.91 Å². The van der Waals surface area contributed by atoms with Crippen molar-refractivity contribution in [2.24, 2.45) is 0 Å². The molecule has 1 aliphatic rings. The second-order valence-corrected chi connectivity index (χ2v) is 7.63. The number of fused-ring (bicyclic) bond motifs is 1. The number of amides is 1. The lowest BCUT2D eigenvalue weighted by molar-refractivity contribution is -0.137. The summed E-state index contributed by atoms with van der Waals surface area (Å²) >= 11 is 0. The molecule has 3 rings (SSSR count). The Bertz CT molecular complexity index is 959. The van der Waals surface area contributed by atoms with Gasteiger partial charge in [-0.15, -0.1) is 0 Å². The van der Waals surface area contributed by atoms with Crippen molar-refractivity contribution in [2.45, 2.75) is 57.8 Å². The van der Waals surface area contributed by atoms with E-state index in [1.54, 1.807) is 18.2 Å². The third-order valence-corrected chi connectivity index (χ3v) is 5.63. The van der Waals surface area contributed by atoms with Crippen molar-refractivity contribution in [1.29, 1.82) is 5.26 Å². The van der Waals surface area contributed by atoms with Crippen LogP contribution < -0.4 is 5.32 Å². The summed E-state index contributed by atoms with van der Waals surface area (Å²) in [6, 6.07) is 13.5. The van der Waals surface area contributed by atoms with Gasteiger partial charge in [0.05, 0.1) is 17.6 Å². The maximum Gasteiger partial charge on any atom is 0.303 e. The number of carbonyl (C=O) groups excluding carboxylic acids is 1. The summed E-state index contributed by atoms with van der Waals surface area (Å²) in [7, 11) is 0. The van der Waals surface area contributed by atoms with Crippen LogP contribution in [0.4, 0.5) is 5.69 Å². The van der Waals surface area contributed by atoms with Crippen LogP contribution in [0.15, 0.2) is 36.4 Å². The van der Waals surface area contributed by atoms with Crippen molar-refractivity contribution in [3.05, 3.63) is 64.2 Å². The van der Waals surface area contributed by atoms with E-state index in [1.807, 2.05) is 19.1 Å². The topological polar surface area (TPSA) is 90.2 Å². The van der Waals surface area contributed by atoms with Gasteiger partial charge in [0.25, 0.3) is 0 Å². The number of aryl methyl sites for hydroxylation is 2. The molecule has 2 aromatic rings. The number of aliphatic carboxylic acids is 1. The fraction of sp³-hybridized carbons (Fsp3) is 0.375. The molecule has 1 unspecified atom stereocenters. The Kier molecular flexibility index (Phi) is 6.66. The maximum absolute atomic E-state index is 13.0. The number of anilines is 1. The number of nitrogens with zero attached hydrogens (tertiary/aromatic N) is 1. The zero-order chi connectivity index (χ0) is 20.8. The summed E-state index contributed by atoms with van der Waals surface area (Å²) in [5.74, 6) is -1.26. The summed E-state index contributed by atoms with van der Waals surface area (Å²) in [4.78, 5) is 23.8. The first-order valence-electron chi connectivity index (χ1n) is 10.2. The first kappa shape index (κ1) is 20.6. The van der Waals surface area contributed by atoms with Crippen molar-refractivity contribution in [2.75, 3.05) is 5.32 Å². The molecule has 0 aromatic heterocycles. The van der Waals surface area contributed by atoms with Crippen LogP contribution in [0.5, 0.6) is 0 Å². The van der Waals surface area contributed by atoms with Crippen LogP contribution in [0, 0.1) is 11.3 Å². The van der Waals surface area contributed by atoms with Crippen molar-refractivity contribution >= 4 is 17.6 Å². The number of hydrogen-bond donors (Lipinski definition) is 2. The largest absolute Gasteiger partial charge is 0.481 e. The van der Waals surface area contributed by atoms with Crippen molar-refractivity contribution in [3.8, 4) is 6.07 Å². The Balaban J connectivity index is 1.81. The summed E-state index contributed by atoms with van der Waals surface area (Å²) < 4.78 is 0. The fourth-order valence-electron chi connectivity index (χ4n) is 4.01. The smallest absolute Gasteiger partial charge is 0.303 e. The Morgan fingerprint density at radius 3 is 2.76 bits per heavy atom. The first-order chi connectivity index (χ1) is 14.0. The first-order valence-corrected chi connectivity index (χ1v) is 10.2. The lowest BCUT2D eigenvalue weighted by Gasteiger charge is -2.23. The van der Waals surface area contributed by atoms with Crippen molar-refractivity contribution in [1.82, 2.24) is 0 Å². The second-order valence-electron chi connectivity index (χ2n) is 7.63. The lowest BCUT2D eigenvalue weighted by Crippen LogP contribution is -2.22. The molecule has 0 spiro atoms.